The molecule has 5 nitrogen and oxygen atoms in total. The molecule has 28 heavy (non-hydrogen) atoms. The highest BCUT2D eigenvalue weighted by Crippen LogP contribution is 2.25. The highest BCUT2D eigenvalue weighted by molar-refractivity contribution is 6.00. The highest BCUT2D eigenvalue weighted by Gasteiger charge is 2.29. The second-order valence-electron chi connectivity index (χ2n) is 7.58. The zero-order valence-electron chi connectivity index (χ0n) is 16.3. The summed E-state index contributed by atoms with van der Waals surface area (Å²) >= 11 is 0. The molecule has 144 valence electrons. The van der Waals surface area contributed by atoms with Gasteiger partial charge in [0, 0.05) is 40.9 Å². The summed E-state index contributed by atoms with van der Waals surface area (Å²) in [5, 5.41) is 4.05. The van der Waals surface area contributed by atoms with Crippen molar-refractivity contribution < 1.29 is 9.59 Å². The average Bonchev–Trinajstić information content (AvgIpc) is 3.01. The number of fused-ring (bicyclic) bond motifs is 1. The Bertz CT molecular complexity index is 1020. The van der Waals surface area contributed by atoms with Crippen molar-refractivity contribution in [2.24, 2.45) is 5.92 Å². The Balaban J connectivity index is 1.49. The molecule has 1 aromatic heterocycles. The topological polar surface area (TPSA) is 65.2 Å². The van der Waals surface area contributed by atoms with Crippen molar-refractivity contribution in [2.45, 2.75) is 26.7 Å². The van der Waals surface area contributed by atoms with E-state index in [9.17, 15) is 9.59 Å². The van der Waals surface area contributed by atoms with Gasteiger partial charge >= 0.3 is 0 Å². The molecule has 2 N–H and O–H groups in total. The molecule has 1 atom stereocenters. The predicted molar refractivity (Wildman–Crippen MR) is 111 cm³/mol. The lowest BCUT2D eigenvalue weighted by Crippen LogP contribution is -2.43. The van der Waals surface area contributed by atoms with Crippen molar-refractivity contribution in [3.8, 4) is 0 Å². The molecule has 0 bridgehead atoms. The van der Waals surface area contributed by atoms with Crippen LogP contribution in [-0.4, -0.2) is 34.8 Å². The van der Waals surface area contributed by atoms with Crippen molar-refractivity contribution >= 4 is 28.4 Å². The van der Waals surface area contributed by atoms with Crippen LogP contribution in [0.15, 0.2) is 48.5 Å². The number of anilines is 1. The van der Waals surface area contributed by atoms with E-state index in [1.807, 2.05) is 60.4 Å². The van der Waals surface area contributed by atoms with Gasteiger partial charge in [0.05, 0.1) is 5.92 Å². The molecule has 3 aromatic rings. The number of rotatable bonds is 3. The number of nitrogens with zero attached hydrogens (tertiary/aromatic N) is 1. The zero-order chi connectivity index (χ0) is 19.7. The van der Waals surface area contributed by atoms with Gasteiger partial charge in [0.25, 0.3) is 5.91 Å². The van der Waals surface area contributed by atoms with E-state index in [0.29, 0.717) is 18.7 Å². The molecular formula is C23H25N3O2. The Kier molecular flexibility index (Phi) is 4.90. The van der Waals surface area contributed by atoms with Crippen LogP contribution in [0, 0.1) is 19.8 Å². The van der Waals surface area contributed by atoms with Crippen LogP contribution in [0.3, 0.4) is 0 Å². The van der Waals surface area contributed by atoms with Gasteiger partial charge in [-0.15, -0.1) is 0 Å². The van der Waals surface area contributed by atoms with Crippen molar-refractivity contribution in [3.05, 3.63) is 65.4 Å². The number of benzene rings is 2. The quantitative estimate of drug-likeness (QED) is 0.718. The fourth-order valence-corrected chi connectivity index (χ4v) is 3.92. The lowest BCUT2D eigenvalue weighted by atomic mass is 9.96. The predicted octanol–water partition coefficient (Wildman–Crippen LogP) is 4.28. The molecule has 5 heteroatoms. The van der Waals surface area contributed by atoms with Crippen molar-refractivity contribution in [1.82, 2.24) is 9.88 Å². The summed E-state index contributed by atoms with van der Waals surface area (Å²) < 4.78 is 0. The minimum absolute atomic E-state index is 0.00244. The van der Waals surface area contributed by atoms with Gasteiger partial charge in [-0.1, -0.05) is 18.2 Å². The Morgan fingerprint density at radius 3 is 2.68 bits per heavy atom. The average molecular weight is 375 g/mol. The van der Waals surface area contributed by atoms with Gasteiger partial charge < -0.3 is 15.2 Å². The fraction of sp³-hybridized carbons (Fsp3) is 0.304. The fourth-order valence-electron chi connectivity index (χ4n) is 3.92. The van der Waals surface area contributed by atoms with Gasteiger partial charge in [-0.3, -0.25) is 9.59 Å². The molecule has 1 aliphatic rings. The van der Waals surface area contributed by atoms with Gasteiger partial charge in [-0.05, 0) is 62.6 Å². The van der Waals surface area contributed by atoms with Gasteiger partial charge in [0.2, 0.25) is 5.91 Å². The number of carbonyl (C=O) groups is 2. The van der Waals surface area contributed by atoms with Gasteiger partial charge in [0.1, 0.15) is 0 Å². The van der Waals surface area contributed by atoms with Crippen molar-refractivity contribution in [3.63, 3.8) is 0 Å². The molecular weight excluding hydrogens is 350 g/mol. The van der Waals surface area contributed by atoms with Crippen LogP contribution in [0.2, 0.25) is 0 Å². The Morgan fingerprint density at radius 2 is 1.89 bits per heavy atom. The maximum Gasteiger partial charge on any atom is 0.253 e. The van der Waals surface area contributed by atoms with Gasteiger partial charge in [-0.2, -0.15) is 0 Å². The number of carbonyl (C=O) groups excluding carboxylic acids is 2. The minimum Gasteiger partial charge on any atom is -0.358 e. The Morgan fingerprint density at radius 1 is 1.11 bits per heavy atom. The van der Waals surface area contributed by atoms with E-state index >= 15 is 0 Å². The SMILES string of the molecule is Cc1[nH]c2ccc(C(=O)N3CCC[C@@H](C(=O)Nc4ccccc4)C3)cc2c1C. The first-order valence-electron chi connectivity index (χ1n) is 9.77. The van der Waals surface area contributed by atoms with Crippen LogP contribution in [0.4, 0.5) is 5.69 Å². The number of nitrogens with one attached hydrogen (secondary N) is 2. The third-order valence-corrected chi connectivity index (χ3v) is 5.68. The molecule has 2 aromatic carbocycles. The van der Waals surface area contributed by atoms with E-state index in [4.69, 9.17) is 0 Å². The summed E-state index contributed by atoms with van der Waals surface area (Å²) in [6.07, 6.45) is 1.64. The lowest BCUT2D eigenvalue weighted by Gasteiger charge is -2.32. The third kappa shape index (κ3) is 3.52. The number of H-pyrrole nitrogens is 1. The standard InChI is InChI=1S/C23H25N3O2/c1-15-16(2)24-21-11-10-17(13-20(15)21)23(28)26-12-6-7-18(14-26)22(27)25-19-8-4-3-5-9-19/h3-5,8-11,13,18,24H,6-7,12,14H2,1-2H3,(H,25,27)/t18-/m1/s1. The Labute approximate surface area is 164 Å². The molecule has 2 heterocycles. The summed E-state index contributed by atoms with van der Waals surface area (Å²) in [5.41, 5.74) is 4.81. The van der Waals surface area contributed by atoms with Crippen molar-refractivity contribution in [2.75, 3.05) is 18.4 Å². The zero-order valence-corrected chi connectivity index (χ0v) is 16.3. The molecule has 0 unspecified atom stereocenters. The summed E-state index contributed by atoms with van der Waals surface area (Å²) in [7, 11) is 0. The van der Waals surface area contributed by atoms with Crippen LogP contribution in [0.1, 0.15) is 34.5 Å². The van der Waals surface area contributed by atoms with Crippen LogP contribution < -0.4 is 5.32 Å². The number of piperidine rings is 1. The molecule has 1 aliphatic heterocycles. The molecule has 0 aliphatic carbocycles. The number of amides is 2. The Hall–Kier alpha value is -3.08. The van der Waals surface area contributed by atoms with Crippen LogP contribution in [0.5, 0.6) is 0 Å². The molecule has 1 fully saturated rings. The van der Waals surface area contributed by atoms with E-state index in [1.54, 1.807) is 0 Å². The second-order valence-corrected chi connectivity index (χ2v) is 7.58. The van der Waals surface area contributed by atoms with E-state index < -0.39 is 0 Å². The number of aromatic nitrogens is 1. The van der Waals surface area contributed by atoms with Crippen LogP contribution in [0.25, 0.3) is 10.9 Å². The minimum atomic E-state index is -0.183. The number of likely N-dealkylation sites (tertiary alicyclic amines) is 1. The molecule has 2 amide bonds. The van der Waals surface area contributed by atoms with Gasteiger partial charge in [-0.25, -0.2) is 0 Å². The summed E-state index contributed by atoms with van der Waals surface area (Å²) in [5.74, 6) is -0.202. The van der Waals surface area contributed by atoms with Crippen molar-refractivity contribution in [1.29, 1.82) is 0 Å². The second kappa shape index (κ2) is 7.50. The molecule has 0 radical (unpaired) electrons. The molecule has 0 spiro atoms. The number of para-hydroxylation sites is 1. The first-order chi connectivity index (χ1) is 13.5. The smallest absolute Gasteiger partial charge is 0.253 e. The first kappa shape index (κ1) is 18.3. The van der Waals surface area contributed by atoms with E-state index in [0.717, 1.165) is 35.1 Å². The number of hydrogen-bond acceptors (Lipinski definition) is 2. The largest absolute Gasteiger partial charge is 0.358 e. The number of aryl methyl sites for hydroxylation is 2. The lowest BCUT2D eigenvalue weighted by molar-refractivity contribution is -0.121. The number of aromatic amines is 1. The maximum absolute atomic E-state index is 13.1. The highest BCUT2D eigenvalue weighted by atomic mass is 16.2. The molecule has 1 saturated heterocycles. The maximum atomic E-state index is 13.1. The molecule has 4 rings (SSSR count). The normalized spacial score (nSPS) is 16.9. The summed E-state index contributed by atoms with van der Waals surface area (Å²) in [6, 6.07) is 15.3. The summed E-state index contributed by atoms with van der Waals surface area (Å²) in [4.78, 5) is 30.9. The van der Waals surface area contributed by atoms with E-state index in [2.05, 4.69) is 17.2 Å². The number of hydrogen-bond donors (Lipinski definition) is 2. The van der Waals surface area contributed by atoms with Gasteiger partial charge in [0.15, 0.2) is 0 Å². The molecule has 0 saturated carbocycles. The van der Waals surface area contributed by atoms with Crippen LogP contribution >= 0.6 is 0 Å². The third-order valence-electron chi connectivity index (χ3n) is 5.68. The van der Waals surface area contributed by atoms with E-state index in [-0.39, 0.29) is 17.7 Å². The van der Waals surface area contributed by atoms with Crippen LogP contribution in [-0.2, 0) is 4.79 Å². The van der Waals surface area contributed by atoms with E-state index in [1.165, 1.54) is 5.56 Å². The first-order valence-corrected chi connectivity index (χ1v) is 9.77. The summed E-state index contributed by atoms with van der Waals surface area (Å²) in [6.45, 7) is 5.25. The monoisotopic (exact) mass is 375 g/mol.